The number of hydrogen-bond donors (Lipinski definition) is 1. The van der Waals surface area contributed by atoms with Crippen molar-refractivity contribution in [2.24, 2.45) is 5.73 Å². The monoisotopic (exact) mass is 436 g/mol. The summed E-state index contributed by atoms with van der Waals surface area (Å²) in [6.45, 7) is -0.219. The Morgan fingerprint density at radius 2 is 1.75 bits per heavy atom. The number of nitrogens with two attached hydrogens (primary N) is 1. The first-order valence-corrected chi connectivity index (χ1v) is 9.62. The molecular formula is C19H14Cl2N2O4S. The number of rotatable bonds is 6. The zero-order valence-electron chi connectivity index (χ0n) is 14.4. The number of benzene rings is 2. The van der Waals surface area contributed by atoms with Gasteiger partial charge in [-0.15, -0.1) is 0 Å². The van der Waals surface area contributed by atoms with Crippen molar-refractivity contribution in [3.8, 4) is 5.75 Å². The van der Waals surface area contributed by atoms with Gasteiger partial charge in [-0.05, 0) is 47.7 Å². The average Bonchev–Trinajstić information content (AvgIpc) is 2.90. The zero-order valence-corrected chi connectivity index (χ0v) is 16.7. The van der Waals surface area contributed by atoms with E-state index in [9.17, 15) is 14.4 Å². The molecule has 1 heterocycles. The Labute approximate surface area is 175 Å². The topological polar surface area (TPSA) is 89.7 Å². The number of amides is 3. The van der Waals surface area contributed by atoms with E-state index in [2.05, 4.69) is 0 Å². The number of halogens is 2. The van der Waals surface area contributed by atoms with Gasteiger partial charge in [0, 0.05) is 15.6 Å². The van der Waals surface area contributed by atoms with Crippen LogP contribution in [-0.4, -0.2) is 28.5 Å². The maximum Gasteiger partial charge on any atom is 0.294 e. The van der Waals surface area contributed by atoms with Crippen LogP contribution in [0.15, 0.2) is 47.4 Å². The summed E-state index contributed by atoms with van der Waals surface area (Å²) >= 11 is 13.0. The Hall–Kier alpha value is -2.48. The molecule has 28 heavy (non-hydrogen) atoms. The van der Waals surface area contributed by atoms with Crippen LogP contribution >= 0.6 is 35.0 Å². The molecule has 0 spiro atoms. The van der Waals surface area contributed by atoms with E-state index in [4.69, 9.17) is 33.7 Å². The lowest BCUT2D eigenvalue weighted by molar-refractivity contribution is -0.127. The minimum atomic E-state index is -0.747. The van der Waals surface area contributed by atoms with Gasteiger partial charge in [-0.2, -0.15) is 0 Å². The summed E-state index contributed by atoms with van der Waals surface area (Å²) in [7, 11) is 0. The molecule has 0 atom stereocenters. The van der Waals surface area contributed by atoms with E-state index in [1.165, 1.54) is 0 Å². The van der Waals surface area contributed by atoms with Crippen molar-refractivity contribution in [2.45, 2.75) is 6.61 Å². The third kappa shape index (κ3) is 4.67. The molecule has 3 amide bonds. The molecule has 9 heteroatoms. The highest BCUT2D eigenvalue weighted by molar-refractivity contribution is 8.18. The van der Waals surface area contributed by atoms with Crippen LogP contribution in [0.1, 0.15) is 11.1 Å². The van der Waals surface area contributed by atoms with Crippen LogP contribution in [-0.2, 0) is 16.2 Å². The molecule has 6 nitrogen and oxygen atoms in total. The fraction of sp³-hybridized carbons (Fsp3) is 0.105. The van der Waals surface area contributed by atoms with E-state index in [1.807, 2.05) is 0 Å². The highest BCUT2D eigenvalue weighted by Gasteiger charge is 2.35. The predicted molar refractivity (Wildman–Crippen MR) is 109 cm³/mol. The molecule has 2 aromatic carbocycles. The number of ether oxygens (including phenoxy) is 1. The second-order valence-electron chi connectivity index (χ2n) is 5.79. The number of carbonyl (C=O) groups is 3. The van der Waals surface area contributed by atoms with Gasteiger partial charge in [0.05, 0.1) is 4.91 Å². The molecule has 3 rings (SSSR count). The zero-order chi connectivity index (χ0) is 20.3. The van der Waals surface area contributed by atoms with Crippen LogP contribution in [0.3, 0.4) is 0 Å². The molecule has 0 bridgehead atoms. The highest BCUT2D eigenvalue weighted by Crippen LogP contribution is 2.32. The smallest absolute Gasteiger partial charge is 0.294 e. The van der Waals surface area contributed by atoms with Gasteiger partial charge in [0.25, 0.3) is 11.1 Å². The van der Waals surface area contributed by atoms with Gasteiger partial charge in [-0.25, -0.2) is 0 Å². The standard InChI is InChI=1S/C19H14Cl2N2O4S/c20-14-2-1-3-15(21)13(14)10-27-12-6-4-11(5-7-12)8-16-18(25)23(9-17(22)24)19(26)28-16/h1-8H,9-10H2,(H2,22,24)/b16-8-. The molecular weight excluding hydrogens is 423 g/mol. The minimum absolute atomic E-state index is 0.212. The first-order valence-electron chi connectivity index (χ1n) is 8.04. The van der Waals surface area contributed by atoms with Crippen LogP contribution < -0.4 is 10.5 Å². The first kappa shape index (κ1) is 20.3. The molecule has 0 unspecified atom stereocenters. The minimum Gasteiger partial charge on any atom is -0.489 e. The Balaban J connectivity index is 1.68. The summed E-state index contributed by atoms with van der Waals surface area (Å²) in [5.41, 5.74) is 6.45. The quantitative estimate of drug-likeness (QED) is 0.688. The van der Waals surface area contributed by atoms with Crippen molar-refractivity contribution in [1.82, 2.24) is 4.90 Å². The van der Waals surface area contributed by atoms with Crippen LogP contribution in [0.4, 0.5) is 4.79 Å². The third-order valence-corrected chi connectivity index (χ3v) is 5.43. The molecule has 1 saturated heterocycles. The van der Waals surface area contributed by atoms with Gasteiger partial charge in [0.2, 0.25) is 5.91 Å². The normalized spacial score (nSPS) is 15.4. The summed E-state index contributed by atoms with van der Waals surface area (Å²) < 4.78 is 5.70. The summed E-state index contributed by atoms with van der Waals surface area (Å²) in [5, 5.41) is 0.526. The molecule has 2 N–H and O–H groups in total. The molecule has 144 valence electrons. The van der Waals surface area contributed by atoms with Gasteiger partial charge < -0.3 is 10.5 Å². The van der Waals surface area contributed by atoms with Crippen molar-refractivity contribution in [3.63, 3.8) is 0 Å². The fourth-order valence-corrected chi connectivity index (χ4v) is 3.77. The van der Waals surface area contributed by atoms with Crippen molar-refractivity contribution < 1.29 is 19.1 Å². The van der Waals surface area contributed by atoms with E-state index in [1.54, 1.807) is 48.5 Å². The molecule has 1 fully saturated rings. The van der Waals surface area contributed by atoms with Gasteiger partial charge in [0.1, 0.15) is 18.9 Å². The van der Waals surface area contributed by atoms with E-state index < -0.39 is 23.6 Å². The number of carbonyl (C=O) groups excluding carboxylic acids is 3. The van der Waals surface area contributed by atoms with E-state index >= 15 is 0 Å². The van der Waals surface area contributed by atoms with Crippen molar-refractivity contribution in [2.75, 3.05) is 6.54 Å². The fourth-order valence-electron chi connectivity index (χ4n) is 2.43. The van der Waals surface area contributed by atoms with E-state index in [0.29, 0.717) is 26.9 Å². The summed E-state index contributed by atoms with van der Waals surface area (Å²) in [4.78, 5) is 36.1. The molecule has 0 radical (unpaired) electrons. The second kappa shape index (κ2) is 8.68. The molecule has 0 aliphatic carbocycles. The summed E-state index contributed by atoms with van der Waals surface area (Å²) in [5.74, 6) is -0.693. The number of hydrogen-bond acceptors (Lipinski definition) is 5. The first-order chi connectivity index (χ1) is 13.3. The van der Waals surface area contributed by atoms with Crippen LogP contribution in [0.2, 0.25) is 10.0 Å². The average molecular weight is 437 g/mol. The molecule has 0 saturated carbocycles. The highest BCUT2D eigenvalue weighted by atomic mass is 35.5. The summed E-state index contributed by atoms with van der Waals surface area (Å²) in [6.07, 6.45) is 1.57. The Morgan fingerprint density at radius 3 is 2.36 bits per heavy atom. The third-order valence-electron chi connectivity index (χ3n) is 3.81. The summed E-state index contributed by atoms with van der Waals surface area (Å²) in [6, 6.07) is 12.2. The maximum absolute atomic E-state index is 12.2. The van der Waals surface area contributed by atoms with Crippen molar-refractivity contribution in [3.05, 3.63) is 68.5 Å². The van der Waals surface area contributed by atoms with Gasteiger partial charge in [0.15, 0.2) is 0 Å². The van der Waals surface area contributed by atoms with Crippen molar-refractivity contribution in [1.29, 1.82) is 0 Å². The Morgan fingerprint density at radius 1 is 1.11 bits per heavy atom. The second-order valence-corrected chi connectivity index (χ2v) is 7.60. The van der Waals surface area contributed by atoms with Crippen LogP contribution in [0, 0.1) is 0 Å². The molecule has 2 aromatic rings. The predicted octanol–water partition coefficient (Wildman–Crippen LogP) is 4.09. The van der Waals surface area contributed by atoms with Gasteiger partial charge in [-0.1, -0.05) is 41.4 Å². The van der Waals surface area contributed by atoms with Crippen molar-refractivity contribution >= 4 is 58.1 Å². The molecule has 1 aliphatic heterocycles. The molecule has 1 aliphatic rings. The lowest BCUT2D eigenvalue weighted by atomic mass is 10.2. The lowest BCUT2D eigenvalue weighted by Crippen LogP contribution is -2.36. The largest absolute Gasteiger partial charge is 0.489 e. The number of thioether (sulfide) groups is 1. The number of nitrogens with zero attached hydrogens (tertiary/aromatic N) is 1. The number of imide groups is 1. The van der Waals surface area contributed by atoms with Gasteiger partial charge >= 0.3 is 0 Å². The Bertz CT molecular complexity index is 956. The van der Waals surface area contributed by atoms with Gasteiger partial charge in [-0.3, -0.25) is 19.3 Å². The maximum atomic E-state index is 12.2. The molecule has 0 aromatic heterocycles. The van der Waals surface area contributed by atoms with Crippen LogP contribution in [0.5, 0.6) is 5.75 Å². The lowest BCUT2D eigenvalue weighted by Gasteiger charge is -2.10. The SMILES string of the molecule is NC(=O)CN1C(=O)S/C(=C\c2ccc(OCc3c(Cl)cccc3Cl)cc2)C1=O. The van der Waals surface area contributed by atoms with E-state index in [-0.39, 0.29) is 11.5 Å². The van der Waals surface area contributed by atoms with Crippen LogP contribution in [0.25, 0.3) is 6.08 Å². The number of primary amides is 1. The van der Waals surface area contributed by atoms with E-state index in [0.717, 1.165) is 16.7 Å². The Kier molecular flexibility index (Phi) is 6.28.